The molecule has 0 atom stereocenters. The second-order valence-electron chi connectivity index (χ2n) is 1.37. The third kappa shape index (κ3) is 4.14. The average Bonchev–Trinajstić information content (AvgIpc) is 1.83. The summed E-state index contributed by atoms with van der Waals surface area (Å²) in [5, 5.41) is 0. The highest BCUT2D eigenvalue weighted by Crippen LogP contribution is 1.92. The van der Waals surface area contributed by atoms with Crippen molar-refractivity contribution in [3.63, 3.8) is 0 Å². The molecule has 0 heterocycles. The lowest BCUT2D eigenvalue weighted by Gasteiger charge is -1.94. The molecule has 0 aliphatic rings. The van der Waals surface area contributed by atoms with Gasteiger partial charge in [-0.05, 0) is 6.42 Å². The van der Waals surface area contributed by atoms with Gasteiger partial charge in [-0.3, -0.25) is 4.79 Å². The fourth-order valence-electron chi connectivity index (χ4n) is 0.313. The summed E-state index contributed by atoms with van der Waals surface area (Å²) in [6.45, 7) is 0. The maximum atomic E-state index is 10.3. The van der Waals surface area contributed by atoms with Crippen molar-refractivity contribution in [1.82, 2.24) is 0 Å². The van der Waals surface area contributed by atoms with Gasteiger partial charge in [0, 0.05) is 12.3 Å². The van der Waals surface area contributed by atoms with Crippen LogP contribution in [-0.2, 0) is 9.22 Å². The zero-order valence-corrected chi connectivity index (χ0v) is 7.57. The first-order chi connectivity index (χ1) is 3.81. The molecule has 0 bridgehead atoms. The van der Waals surface area contributed by atoms with Gasteiger partial charge in [0.05, 0.1) is 0 Å². The summed E-state index contributed by atoms with van der Waals surface area (Å²) in [6.07, 6.45) is 1.19. The molecule has 0 saturated heterocycles. The van der Waals surface area contributed by atoms with E-state index in [1.807, 2.05) is 0 Å². The van der Waals surface area contributed by atoms with Crippen LogP contribution in [0.4, 0.5) is 0 Å². The quantitative estimate of drug-likeness (QED) is 0.415. The van der Waals surface area contributed by atoms with Gasteiger partial charge < -0.3 is 4.43 Å². The Morgan fingerprint density at radius 3 is 2.75 bits per heavy atom. The molecule has 0 saturated carbocycles. The first kappa shape index (κ1) is 7.98. The van der Waals surface area contributed by atoms with E-state index in [9.17, 15) is 4.79 Å². The van der Waals surface area contributed by atoms with E-state index in [0.29, 0.717) is 22.8 Å². The maximum absolute atomic E-state index is 10.3. The number of rotatable bonds is 3. The summed E-state index contributed by atoms with van der Waals surface area (Å²) in [4.78, 5) is 10.3. The largest absolute Gasteiger partial charge is 0.529 e. The van der Waals surface area contributed by atoms with Gasteiger partial charge >= 0.3 is 0 Å². The van der Waals surface area contributed by atoms with E-state index < -0.39 is 0 Å². The van der Waals surface area contributed by atoms with Crippen molar-refractivity contribution in [3.8, 4) is 0 Å². The lowest BCUT2D eigenvalue weighted by molar-refractivity contribution is -0.134. The molecule has 0 aliphatic carbocycles. The summed E-state index contributed by atoms with van der Waals surface area (Å²) in [5.74, 6) is 0.411. The number of hydrogen-bond acceptors (Lipinski definition) is 2. The van der Waals surface area contributed by atoms with Crippen LogP contribution in [-0.4, -0.2) is 22.3 Å². The molecule has 0 aromatic heterocycles. The fourth-order valence-corrected chi connectivity index (χ4v) is 0.651. The first-order valence-electron chi connectivity index (χ1n) is 2.44. The topological polar surface area (TPSA) is 26.3 Å². The first-order valence-corrected chi connectivity index (χ1v) is 3.79. The molecule has 8 heavy (non-hydrogen) atoms. The Kier molecular flexibility index (Phi) is 5.11. The van der Waals surface area contributed by atoms with Gasteiger partial charge in [0.1, 0.15) is 0 Å². The van der Waals surface area contributed by atoms with Crippen LogP contribution in [0.1, 0.15) is 12.8 Å². The van der Waals surface area contributed by atoms with E-state index >= 15 is 0 Å². The molecular weight excluding hydrogens is 144 g/mol. The Bertz CT molecular complexity index is 76.4. The third-order valence-electron chi connectivity index (χ3n) is 0.742. The second kappa shape index (κ2) is 5.12. The van der Waals surface area contributed by atoms with E-state index in [2.05, 4.69) is 4.43 Å². The summed E-state index contributed by atoms with van der Waals surface area (Å²) in [5.41, 5.74) is 0. The number of hydrogen-bond donors (Lipinski definition) is 0. The van der Waals surface area contributed by atoms with Gasteiger partial charge in [0.15, 0.2) is 0 Å². The van der Waals surface area contributed by atoms with Crippen LogP contribution in [0.25, 0.3) is 0 Å². The van der Waals surface area contributed by atoms with Gasteiger partial charge in [0.25, 0.3) is 5.97 Å². The normalized spacial score (nSPS) is 9.12. The molecule has 48 valence electrons. The number of halogens is 1. The Morgan fingerprint density at radius 2 is 2.38 bits per heavy atom. The van der Waals surface area contributed by atoms with Crippen LogP contribution in [0.5, 0.6) is 0 Å². The van der Waals surface area contributed by atoms with Crippen LogP contribution >= 0.6 is 11.6 Å². The van der Waals surface area contributed by atoms with Crippen molar-refractivity contribution >= 4 is 28.1 Å². The Balaban J connectivity index is 2.99. The SMILES string of the molecule is O=C(CCCCl)O[SiH3]. The Labute approximate surface area is 56.7 Å². The van der Waals surface area contributed by atoms with Crippen molar-refractivity contribution in [3.05, 3.63) is 0 Å². The van der Waals surface area contributed by atoms with Crippen LogP contribution in [0.2, 0.25) is 0 Å². The van der Waals surface area contributed by atoms with Gasteiger partial charge in [-0.15, -0.1) is 11.6 Å². The van der Waals surface area contributed by atoms with Gasteiger partial charge in [-0.1, -0.05) is 0 Å². The van der Waals surface area contributed by atoms with E-state index in [1.54, 1.807) is 0 Å². The number of carbonyl (C=O) groups is 1. The molecule has 0 aromatic rings. The fraction of sp³-hybridized carbons (Fsp3) is 0.750. The second-order valence-corrected chi connectivity index (χ2v) is 2.15. The molecule has 0 spiro atoms. The minimum Gasteiger partial charge on any atom is -0.529 e. The summed E-state index contributed by atoms with van der Waals surface area (Å²) >= 11 is 5.31. The van der Waals surface area contributed by atoms with Gasteiger partial charge in [-0.2, -0.15) is 0 Å². The van der Waals surface area contributed by atoms with Crippen LogP contribution < -0.4 is 0 Å². The standard InChI is InChI=1S/C4H9ClO2Si/c5-3-1-2-4(6)7-8/h1-3H2,8H3. The summed E-state index contributed by atoms with van der Waals surface area (Å²) < 4.78 is 4.49. The number of carbonyl (C=O) groups excluding carboxylic acids is 1. The van der Waals surface area contributed by atoms with Crippen LogP contribution in [0.15, 0.2) is 0 Å². The molecular formula is C4H9ClO2Si. The van der Waals surface area contributed by atoms with Crippen LogP contribution in [0.3, 0.4) is 0 Å². The molecule has 0 amide bonds. The van der Waals surface area contributed by atoms with Crippen molar-refractivity contribution in [1.29, 1.82) is 0 Å². The smallest absolute Gasteiger partial charge is 0.291 e. The maximum Gasteiger partial charge on any atom is 0.291 e. The molecule has 0 aliphatic heterocycles. The minimum absolute atomic E-state index is 0.127. The molecule has 4 heteroatoms. The highest BCUT2D eigenvalue weighted by molar-refractivity contribution is 6.18. The zero-order chi connectivity index (χ0) is 6.41. The van der Waals surface area contributed by atoms with E-state index in [1.165, 1.54) is 0 Å². The van der Waals surface area contributed by atoms with E-state index in [4.69, 9.17) is 11.6 Å². The van der Waals surface area contributed by atoms with Crippen molar-refractivity contribution in [2.75, 3.05) is 5.88 Å². The summed E-state index contributed by atoms with van der Waals surface area (Å²) in [7, 11) is 0.497. The van der Waals surface area contributed by atoms with Crippen molar-refractivity contribution < 1.29 is 9.22 Å². The zero-order valence-electron chi connectivity index (χ0n) is 4.82. The monoisotopic (exact) mass is 152 g/mol. The highest BCUT2D eigenvalue weighted by atomic mass is 35.5. The molecule has 0 radical (unpaired) electrons. The Morgan fingerprint density at radius 1 is 1.75 bits per heavy atom. The molecule has 0 N–H and O–H groups in total. The predicted molar refractivity (Wildman–Crippen MR) is 36.0 cm³/mol. The Hall–Kier alpha value is -0.0231. The number of alkyl halides is 1. The van der Waals surface area contributed by atoms with Crippen molar-refractivity contribution in [2.45, 2.75) is 12.8 Å². The molecule has 0 aromatic carbocycles. The molecule has 2 nitrogen and oxygen atoms in total. The molecule has 0 fully saturated rings. The highest BCUT2D eigenvalue weighted by Gasteiger charge is 1.95. The third-order valence-corrected chi connectivity index (χ3v) is 1.46. The minimum atomic E-state index is -0.127. The van der Waals surface area contributed by atoms with Gasteiger partial charge in [0.2, 0.25) is 10.5 Å². The van der Waals surface area contributed by atoms with E-state index in [0.717, 1.165) is 6.42 Å². The predicted octanol–water partition coefficient (Wildman–Crippen LogP) is -0.171. The van der Waals surface area contributed by atoms with Crippen molar-refractivity contribution in [2.24, 2.45) is 0 Å². The van der Waals surface area contributed by atoms with Gasteiger partial charge in [-0.25, -0.2) is 0 Å². The van der Waals surface area contributed by atoms with E-state index in [-0.39, 0.29) is 5.97 Å². The van der Waals surface area contributed by atoms with Crippen LogP contribution in [0, 0.1) is 0 Å². The molecule has 0 rings (SSSR count). The average molecular weight is 153 g/mol. The summed E-state index contributed by atoms with van der Waals surface area (Å²) in [6, 6.07) is 0. The lowest BCUT2D eigenvalue weighted by atomic mass is 10.3. The molecule has 0 unspecified atom stereocenters. The lowest BCUT2D eigenvalue weighted by Crippen LogP contribution is -2.00.